The van der Waals surface area contributed by atoms with E-state index in [2.05, 4.69) is 20.8 Å². The van der Waals surface area contributed by atoms with Crippen LogP contribution in [0.15, 0.2) is 0 Å². The topological polar surface area (TPSA) is 35.2 Å². The van der Waals surface area contributed by atoms with Crippen molar-refractivity contribution in [2.75, 3.05) is 13.2 Å². The third-order valence-corrected chi connectivity index (χ3v) is 3.02. The number of ether oxygens (including phenoxy) is 1. The molecule has 1 fully saturated rings. The van der Waals surface area contributed by atoms with E-state index in [4.69, 9.17) is 10.5 Å². The molecule has 0 amide bonds. The van der Waals surface area contributed by atoms with E-state index in [0.29, 0.717) is 6.04 Å². The van der Waals surface area contributed by atoms with Crippen molar-refractivity contribution in [1.82, 2.24) is 0 Å². The van der Waals surface area contributed by atoms with Gasteiger partial charge in [0.2, 0.25) is 0 Å². The normalized spacial score (nSPS) is 26.3. The summed E-state index contributed by atoms with van der Waals surface area (Å²) in [6.07, 6.45) is 3.60. The van der Waals surface area contributed by atoms with Gasteiger partial charge in [-0.25, -0.2) is 0 Å². The van der Waals surface area contributed by atoms with Crippen molar-refractivity contribution in [1.29, 1.82) is 0 Å². The van der Waals surface area contributed by atoms with Crippen molar-refractivity contribution in [3.8, 4) is 0 Å². The lowest BCUT2D eigenvalue weighted by molar-refractivity contribution is 0.181. The fourth-order valence-corrected chi connectivity index (χ4v) is 1.66. The van der Waals surface area contributed by atoms with Crippen LogP contribution in [-0.2, 0) is 4.74 Å². The summed E-state index contributed by atoms with van der Waals surface area (Å²) in [7, 11) is 0. The number of hydrogen-bond acceptors (Lipinski definition) is 2. The van der Waals surface area contributed by atoms with E-state index in [1.807, 2.05) is 0 Å². The zero-order valence-corrected chi connectivity index (χ0v) is 9.18. The molecule has 1 aliphatic rings. The van der Waals surface area contributed by atoms with Gasteiger partial charge >= 0.3 is 0 Å². The Labute approximate surface area is 81.8 Å². The predicted molar refractivity (Wildman–Crippen MR) is 55.6 cm³/mol. The molecule has 1 rings (SSSR count). The highest BCUT2D eigenvalue weighted by Gasteiger charge is 2.23. The number of nitrogens with two attached hydrogens (primary N) is 1. The van der Waals surface area contributed by atoms with Crippen LogP contribution in [0.1, 0.15) is 40.0 Å². The summed E-state index contributed by atoms with van der Waals surface area (Å²) in [5.41, 5.74) is 6.34. The van der Waals surface area contributed by atoms with E-state index in [0.717, 1.165) is 25.6 Å². The first kappa shape index (κ1) is 11.0. The maximum Gasteiger partial charge on any atom is 0.0495 e. The minimum Gasteiger partial charge on any atom is -0.381 e. The van der Waals surface area contributed by atoms with Crippen molar-refractivity contribution in [3.05, 3.63) is 0 Å². The van der Waals surface area contributed by atoms with Crippen molar-refractivity contribution >= 4 is 0 Å². The fraction of sp³-hybridized carbons (Fsp3) is 1.00. The van der Waals surface area contributed by atoms with Gasteiger partial charge in [0.1, 0.15) is 0 Å². The Balaban J connectivity index is 2.17. The van der Waals surface area contributed by atoms with Crippen LogP contribution in [0, 0.1) is 11.3 Å². The van der Waals surface area contributed by atoms with Gasteiger partial charge in [0, 0.05) is 19.3 Å². The van der Waals surface area contributed by atoms with Crippen molar-refractivity contribution in [2.45, 2.75) is 46.1 Å². The van der Waals surface area contributed by atoms with Gasteiger partial charge in [-0.2, -0.15) is 0 Å². The third kappa shape index (κ3) is 3.65. The summed E-state index contributed by atoms with van der Waals surface area (Å²) >= 11 is 0. The molecular weight excluding hydrogens is 162 g/mol. The fourth-order valence-electron chi connectivity index (χ4n) is 1.66. The Hall–Kier alpha value is -0.0800. The molecule has 2 atom stereocenters. The lowest BCUT2D eigenvalue weighted by Crippen LogP contribution is -2.35. The number of hydrogen-bond donors (Lipinski definition) is 1. The molecule has 0 aromatic rings. The average Bonchev–Trinajstić information content (AvgIpc) is 2.50. The van der Waals surface area contributed by atoms with E-state index in [9.17, 15) is 0 Å². The molecule has 2 nitrogen and oxygen atoms in total. The van der Waals surface area contributed by atoms with Crippen LogP contribution in [-0.4, -0.2) is 19.3 Å². The van der Waals surface area contributed by atoms with Crippen LogP contribution >= 0.6 is 0 Å². The largest absolute Gasteiger partial charge is 0.381 e. The molecule has 0 aliphatic carbocycles. The summed E-state index contributed by atoms with van der Waals surface area (Å²) in [6.45, 7) is 8.54. The van der Waals surface area contributed by atoms with Crippen LogP contribution in [0.4, 0.5) is 0 Å². The molecule has 13 heavy (non-hydrogen) atoms. The molecule has 2 heteroatoms. The van der Waals surface area contributed by atoms with Gasteiger partial charge in [0.25, 0.3) is 0 Å². The van der Waals surface area contributed by atoms with Gasteiger partial charge in [-0.05, 0) is 30.6 Å². The molecule has 0 bridgehead atoms. The Kier molecular flexibility index (Phi) is 3.74. The second-order valence-electron chi connectivity index (χ2n) is 5.28. The third-order valence-electron chi connectivity index (χ3n) is 3.02. The zero-order chi connectivity index (χ0) is 9.90. The summed E-state index contributed by atoms with van der Waals surface area (Å²) < 4.78 is 5.33. The molecule has 0 aromatic heterocycles. The predicted octanol–water partition coefficient (Wildman–Crippen LogP) is 2.18. The number of rotatable bonds is 3. The smallest absolute Gasteiger partial charge is 0.0495 e. The van der Waals surface area contributed by atoms with Crippen LogP contribution < -0.4 is 5.73 Å². The van der Waals surface area contributed by atoms with Crippen LogP contribution in [0.25, 0.3) is 0 Å². The van der Waals surface area contributed by atoms with Gasteiger partial charge in [-0.15, -0.1) is 0 Å². The van der Waals surface area contributed by atoms with Gasteiger partial charge in [0.05, 0.1) is 0 Å². The van der Waals surface area contributed by atoms with E-state index in [1.54, 1.807) is 0 Å². The molecule has 1 aliphatic heterocycles. The van der Waals surface area contributed by atoms with Gasteiger partial charge in [-0.3, -0.25) is 0 Å². The average molecular weight is 185 g/mol. The molecule has 0 aromatic carbocycles. The highest BCUT2D eigenvalue weighted by molar-refractivity contribution is 4.78. The molecule has 2 N–H and O–H groups in total. The second kappa shape index (κ2) is 4.43. The summed E-state index contributed by atoms with van der Waals surface area (Å²) in [4.78, 5) is 0. The Morgan fingerprint density at radius 2 is 2.15 bits per heavy atom. The zero-order valence-electron chi connectivity index (χ0n) is 9.18. The molecule has 1 heterocycles. The molecule has 0 saturated carbocycles. The van der Waals surface area contributed by atoms with Crippen molar-refractivity contribution < 1.29 is 4.74 Å². The van der Waals surface area contributed by atoms with E-state index in [1.165, 1.54) is 12.8 Å². The summed E-state index contributed by atoms with van der Waals surface area (Å²) in [6, 6.07) is 0.327. The molecule has 2 unspecified atom stereocenters. The monoisotopic (exact) mass is 185 g/mol. The van der Waals surface area contributed by atoms with E-state index < -0.39 is 0 Å². The van der Waals surface area contributed by atoms with Crippen LogP contribution in [0.5, 0.6) is 0 Å². The Morgan fingerprint density at radius 3 is 2.62 bits per heavy atom. The first-order chi connectivity index (χ1) is 6.00. The lowest BCUT2D eigenvalue weighted by Gasteiger charge is -2.27. The molecule has 78 valence electrons. The van der Waals surface area contributed by atoms with E-state index in [-0.39, 0.29) is 5.41 Å². The highest BCUT2D eigenvalue weighted by Crippen LogP contribution is 2.25. The second-order valence-corrected chi connectivity index (χ2v) is 5.28. The molecule has 1 saturated heterocycles. The Morgan fingerprint density at radius 1 is 1.46 bits per heavy atom. The minimum atomic E-state index is 0.249. The highest BCUT2D eigenvalue weighted by atomic mass is 16.5. The maximum atomic E-state index is 6.09. The van der Waals surface area contributed by atoms with Crippen molar-refractivity contribution in [3.63, 3.8) is 0 Å². The quantitative estimate of drug-likeness (QED) is 0.731. The standard InChI is InChI=1S/C11H23NO/c1-11(2,3)10(12)5-4-9-6-7-13-8-9/h9-10H,4-8,12H2,1-3H3. The van der Waals surface area contributed by atoms with Gasteiger partial charge in [0.15, 0.2) is 0 Å². The molecular formula is C11H23NO. The SMILES string of the molecule is CC(C)(C)C(N)CCC1CCOC1. The summed E-state index contributed by atoms with van der Waals surface area (Å²) in [5.74, 6) is 0.772. The first-order valence-electron chi connectivity index (χ1n) is 5.33. The first-order valence-corrected chi connectivity index (χ1v) is 5.33. The van der Waals surface area contributed by atoms with E-state index >= 15 is 0 Å². The molecule has 0 spiro atoms. The molecule has 0 radical (unpaired) electrons. The summed E-state index contributed by atoms with van der Waals surface area (Å²) in [5, 5.41) is 0. The Bertz CT molecular complexity index is 145. The maximum absolute atomic E-state index is 6.09. The lowest BCUT2D eigenvalue weighted by atomic mass is 9.83. The van der Waals surface area contributed by atoms with Crippen molar-refractivity contribution in [2.24, 2.45) is 17.1 Å². The minimum absolute atomic E-state index is 0.249. The van der Waals surface area contributed by atoms with Crippen LogP contribution in [0.3, 0.4) is 0 Å². The van der Waals surface area contributed by atoms with Crippen LogP contribution in [0.2, 0.25) is 0 Å². The van der Waals surface area contributed by atoms with Gasteiger partial charge < -0.3 is 10.5 Å². The van der Waals surface area contributed by atoms with Gasteiger partial charge in [-0.1, -0.05) is 20.8 Å².